The van der Waals surface area contributed by atoms with Gasteiger partial charge in [-0.3, -0.25) is 9.78 Å². The number of rotatable bonds is 3. The van der Waals surface area contributed by atoms with Gasteiger partial charge in [-0.1, -0.05) is 30.7 Å². The lowest BCUT2D eigenvalue weighted by Gasteiger charge is -2.51. The summed E-state index contributed by atoms with van der Waals surface area (Å²) in [7, 11) is 0. The zero-order chi connectivity index (χ0) is 25.0. The number of nitrogens with zero attached hydrogens (tertiary/aromatic N) is 1. The molecule has 7 heteroatoms. The molecule has 2 aromatic rings. The van der Waals surface area contributed by atoms with Gasteiger partial charge in [0.15, 0.2) is 0 Å². The van der Waals surface area contributed by atoms with E-state index in [0.717, 1.165) is 31.4 Å². The number of cyclic esters (lactones) is 1. The van der Waals surface area contributed by atoms with Crippen molar-refractivity contribution in [1.29, 1.82) is 0 Å². The highest BCUT2D eigenvalue weighted by Crippen LogP contribution is 2.56. The molecule has 1 aromatic carbocycles. The van der Waals surface area contributed by atoms with E-state index in [1.54, 1.807) is 24.4 Å². The van der Waals surface area contributed by atoms with E-state index < -0.39 is 17.3 Å². The zero-order valence-electron chi connectivity index (χ0n) is 19.8. The number of hydrogen-bond acceptors (Lipinski definition) is 4. The maximum atomic E-state index is 13.1. The van der Waals surface area contributed by atoms with Gasteiger partial charge in [0.2, 0.25) is 0 Å². The molecule has 1 saturated heterocycles. The first-order chi connectivity index (χ1) is 16.5. The molecule has 2 saturated carbocycles. The molecule has 5 unspecified atom stereocenters. The van der Waals surface area contributed by atoms with Gasteiger partial charge in [-0.2, -0.15) is 13.2 Å². The predicted molar refractivity (Wildman–Crippen MR) is 126 cm³/mol. The number of pyridine rings is 1. The van der Waals surface area contributed by atoms with Gasteiger partial charge in [-0.25, -0.2) is 0 Å². The Morgan fingerprint density at radius 1 is 1.20 bits per heavy atom. The minimum Gasteiger partial charge on any atom is -0.462 e. The molecule has 186 valence electrons. The smallest absolute Gasteiger partial charge is 0.416 e. The fourth-order valence-electron chi connectivity index (χ4n) is 6.69. The van der Waals surface area contributed by atoms with Gasteiger partial charge in [-0.05, 0) is 80.7 Å². The summed E-state index contributed by atoms with van der Waals surface area (Å²) in [4.78, 5) is 17.0. The van der Waals surface area contributed by atoms with Crippen LogP contribution < -0.4 is 0 Å². The number of esters is 1. The van der Waals surface area contributed by atoms with Crippen LogP contribution in [0.15, 0.2) is 48.7 Å². The van der Waals surface area contributed by atoms with Crippen LogP contribution in [0.3, 0.4) is 0 Å². The largest absolute Gasteiger partial charge is 0.462 e. The summed E-state index contributed by atoms with van der Waals surface area (Å²) >= 11 is 0. The van der Waals surface area contributed by atoms with Crippen LogP contribution in [0.2, 0.25) is 0 Å². The topological polar surface area (TPSA) is 59.4 Å². The molecule has 2 heterocycles. The summed E-state index contributed by atoms with van der Waals surface area (Å²) in [6, 6.07) is 8.78. The fraction of sp³-hybridized carbons (Fsp3) is 0.500. The maximum Gasteiger partial charge on any atom is 0.416 e. The first kappa shape index (κ1) is 24.0. The van der Waals surface area contributed by atoms with Crippen molar-refractivity contribution in [3.63, 3.8) is 0 Å². The number of alkyl halides is 3. The normalized spacial score (nSPS) is 35.0. The van der Waals surface area contributed by atoms with E-state index in [-0.39, 0.29) is 41.7 Å². The quantitative estimate of drug-likeness (QED) is 0.530. The van der Waals surface area contributed by atoms with E-state index in [1.807, 2.05) is 19.9 Å². The van der Waals surface area contributed by atoms with E-state index in [2.05, 4.69) is 11.1 Å². The second kappa shape index (κ2) is 8.77. The zero-order valence-corrected chi connectivity index (χ0v) is 19.8. The first-order valence-corrected chi connectivity index (χ1v) is 12.3. The summed E-state index contributed by atoms with van der Waals surface area (Å²) < 4.78 is 44.8. The van der Waals surface area contributed by atoms with Crippen LogP contribution in [0.5, 0.6) is 0 Å². The Hall–Kier alpha value is -2.67. The molecular formula is C28H30F3NO3. The molecule has 3 fully saturated rings. The van der Waals surface area contributed by atoms with Gasteiger partial charge < -0.3 is 9.84 Å². The molecule has 0 amide bonds. The summed E-state index contributed by atoms with van der Waals surface area (Å²) in [5, 5.41) is 11.1. The van der Waals surface area contributed by atoms with Gasteiger partial charge in [-0.15, -0.1) is 0 Å². The van der Waals surface area contributed by atoms with Crippen LogP contribution in [0.25, 0.3) is 17.2 Å². The van der Waals surface area contributed by atoms with Gasteiger partial charge in [0.25, 0.3) is 0 Å². The van der Waals surface area contributed by atoms with E-state index in [4.69, 9.17) is 4.74 Å². The number of carbonyl (C=O) groups excluding carboxylic acids is 1. The Morgan fingerprint density at radius 3 is 2.71 bits per heavy atom. The molecule has 35 heavy (non-hydrogen) atoms. The molecule has 7 atom stereocenters. The number of hydrogen-bond donors (Lipinski definition) is 1. The van der Waals surface area contributed by atoms with Crippen LogP contribution >= 0.6 is 0 Å². The number of halogens is 3. The first-order valence-electron chi connectivity index (χ1n) is 12.3. The van der Waals surface area contributed by atoms with E-state index in [9.17, 15) is 23.1 Å². The van der Waals surface area contributed by atoms with Crippen LogP contribution in [-0.2, 0) is 15.7 Å². The Kier molecular flexibility index (Phi) is 6.02. The third-order valence-corrected chi connectivity index (χ3v) is 8.39. The fourth-order valence-corrected chi connectivity index (χ4v) is 6.69. The monoisotopic (exact) mass is 485 g/mol. The van der Waals surface area contributed by atoms with Crippen molar-refractivity contribution in [1.82, 2.24) is 4.98 Å². The van der Waals surface area contributed by atoms with Crippen LogP contribution in [0, 0.1) is 29.6 Å². The van der Waals surface area contributed by atoms with Crippen molar-refractivity contribution >= 4 is 12.0 Å². The highest BCUT2D eigenvalue weighted by atomic mass is 19.4. The second-order valence-corrected chi connectivity index (χ2v) is 10.6. The SMILES string of the molecule is C[C@H]1OC(=O)C2CC3C(CCCC3(C)O)[C@H](/C=C/c3ccc(-c4cccc(C(F)(F)F)c4)cn3)C21. The lowest BCUT2D eigenvalue weighted by molar-refractivity contribution is -0.146. The average Bonchev–Trinajstić information content (AvgIpc) is 3.10. The number of allylic oxidation sites excluding steroid dienone is 1. The Bertz CT molecular complexity index is 1130. The standard InChI is InChI=1S/C28H30F3NO3/c1-16-25-22(21-7-4-12-27(2,34)24(21)14-23(25)26(33)35-16)11-10-20-9-8-18(15-32-20)17-5-3-6-19(13-17)28(29,30)31/h3,5-6,8-11,13,15-16,21-25,34H,4,7,12,14H2,1-2H3/b11-10+/t16-,21?,22+,23?,24?,25?,27?/m1/s1. The molecule has 2 aliphatic carbocycles. The molecule has 3 aliphatic rings. The minimum absolute atomic E-state index is 0.0428. The van der Waals surface area contributed by atoms with Crippen molar-refractivity contribution in [2.24, 2.45) is 29.6 Å². The molecule has 4 nitrogen and oxygen atoms in total. The van der Waals surface area contributed by atoms with Crippen LogP contribution in [-0.4, -0.2) is 27.8 Å². The van der Waals surface area contributed by atoms with Crippen molar-refractivity contribution in [3.05, 3.63) is 59.9 Å². The molecule has 0 bridgehead atoms. The van der Waals surface area contributed by atoms with E-state index in [0.29, 0.717) is 23.2 Å². The summed E-state index contributed by atoms with van der Waals surface area (Å²) in [5.41, 5.74) is 0.279. The highest BCUT2D eigenvalue weighted by molar-refractivity contribution is 5.75. The van der Waals surface area contributed by atoms with Crippen LogP contribution in [0.1, 0.15) is 50.8 Å². The van der Waals surface area contributed by atoms with Crippen molar-refractivity contribution < 1.29 is 27.8 Å². The molecular weight excluding hydrogens is 455 g/mol. The molecule has 1 aromatic heterocycles. The predicted octanol–water partition coefficient (Wildman–Crippen LogP) is 6.15. The summed E-state index contributed by atoms with van der Waals surface area (Å²) in [6.07, 6.45) is 4.41. The Balaban J connectivity index is 1.40. The molecule has 0 radical (unpaired) electrons. The number of fused-ring (bicyclic) bond motifs is 2. The maximum absolute atomic E-state index is 13.1. The number of aliphatic hydroxyl groups is 1. The third kappa shape index (κ3) is 4.51. The Labute approximate surface area is 203 Å². The van der Waals surface area contributed by atoms with Crippen LogP contribution in [0.4, 0.5) is 13.2 Å². The minimum atomic E-state index is -4.39. The number of benzene rings is 1. The van der Waals surface area contributed by atoms with Crippen molar-refractivity contribution in [3.8, 4) is 11.1 Å². The molecule has 1 aliphatic heterocycles. The average molecular weight is 486 g/mol. The third-order valence-electron chi connectivity index (χ3n) is 8.39. The lowest BCUT2D eigenvalue weighted by Crippen LogP contribution is -2.52. The van der Waals surface area contributed by atoms with E-state index in [1.165, 1.54) is 6.07 Å². The van der Waals surface area contributed by atoms with Crippen molar-refractivity contribution in [2.45, 2.75) is 57.4 Å². The Morgan fingerprint density at radius 2 is 2.00 bits per heavy atom. The van der Waals surface area contributed by atoms with Crippen molar-refractivity contribution in [2.75, 3.05) is 0 Å². The molecule has 5 rings (SSSR count). The van der Waals surface area contributed by atoms with Gasteiger partial charge in [0, 0.05) is 17.7 Å². The summed E-state index contributed by atoms with van der Waals surface area (Å²) in [6.45, 7) is 3.84. The number of ether oxygens (including phenoxy) is 1. The van der Waals surface area contributed by atoms with Gasteiger partial charge in [0.1, 0.15) is 6.10 Å². The van der Waals surface area contributed by atoms with Gasteiger partial charge in [0.05, 0.1) is 22.8 Å². The van der Waals surface area contributed by atoms with E-state index >= 15 is 0 Å². The number of carbonyl (C=O) groups is 1. The van der Waals surface area contributed by atoms with Gasteiger partial charge >= 0.3 is 12.1 Å². The summed E-state index contributed by atoms with van der Waals surface area (Å²) in [5.74, 6) is 0.0834. The second-order valence-electron chi connectivity index (χ2n) is 10.6. The molecule has 0 spiro atoms. The molecule has 1 N–H and O–H groups in total. The highest BCUT2D eigenvalue weighted by Gasteiger charge is 2.57. The lowest BCUT2D eigenvalue weighted by atomic mass is 9.54. The number of aromatic nitrogens is 1.